The van der Waals surface area contributed by atoms with Gasteiger partial charge in [-0.2, -0.15) is 8.42 Å². The minimum atomic E-state index is -4.26. The van der Waals surface area contributed by atoms with Crippen molar-refractivity contribution in [3.63, 3.8) is 0 Å². The maximum atomic E-state index is 13.7. The Balaban J connectivity index is 1.79. The number of nitrogen functional groups attached to an aromatic ring is 1. The summed E-state index contributed by atoms with van der Waals surface area (Å²) in [6.45, 7) is 8.67. The lowest BCUT2D eigenvalue weighted by Gasteiger charge is -2.34. The Kier molecular flexibility index (Phi) is 6.27. The molecule has 1 saturated heterocycles. The second-order valence-electron chi connectivity index (χ2n) is 9.59. The highest BCUT2D eigenvalue weighted by Gasteiger charge is 2.39. The summed E-state index contributed by atoms with van der Waals surface area (Å²) in [6, 6.07) is 11.8. The molecule has 1 aliphatic heterocycles. The van der Waals surface area contributed by atoms with Gasteiger partial charge in [-0.1, -0.05) is 13.0 Å². The molecule has 1 fully saturated rings. The topological polar surface area (TPSA) is 118 Å². The van der Waals surface area contributed by atoms with Crippen LogP contribution in [0.3, 0.4) is 0 Å². The Morgan fingerprint density at radius 2 is 1.91 bits per heavy atom. The number of hydrogen-bond acceptors (Lipinski definition) is 7. The number of carbonyl (C=O) groups excluding carboxylic acids is 1. The van der Waals surface area contributed by atoms with E-state index in [1.54, 1.807) is 25.1 Å². The lowest BCUT2D eigenvalue weighted by molar-refractivity contribution is 0.0981. The molecular formula is C25H28FN5O3S. The molecule has 0 saturated carbocycles. The van der Waals surface area contributed by atoms with Gasteiger partial charge in [0.05, 0.1) is 11.3 Å². The fourth-order valence-electron chi connectivity index (χ4n) is 4.67. The van der Waals surface area contributed by atoms with Crippen LogP contribution >= 0.6 is 0 Å². The molecule has 1 unspecified atom stereocenters. The van der Waals surface area contributed by atoms with E-state index in [0.717, 1.165) is 12.0 Å². The van der Waals surface area contributed by atoms with Gasteiger partial charge in [-0.15, -0.1) is 0 Å². The molecule has 1 amide bonds. The molecule has 3 heterocycles. The number of benzene rings is 1. The Bertz CT molecular complexity index is 1410. The minimum Gasteiger partial charge on any atom is -0.384 e. The first-order chi connectivity index (χ1) is 16.4. The third kappa shape index (κ3) is 4.97. The molecule has 1 atom stereocenters. The monoisotopic (exact) mass is 497 g/mol. The van der Waals surface area contributed by atoms with Gasteiger partial charge in [0, 0.05) is 17.6 Å². The van der Waals surface area contributed by atoms with Crippen molar-refractivity contribution in [1.29, 1.82) is 0 Å². The molecule has 0 bridgehead atoms. The van der Waals surface area contributed by atoms with E-state index in [2.05, 4.69) is 30.5 Å². The summed E-state index contributed by atoms with van der Waals surface area (Å²) in [5.74, 6) is -0.436. The van der Waals surface area contributed by atoms with Gasteiger partial charge < -0.3 is 10.6 Å². The van der Waals surface area contributed by atoms with Crippen LogP contribution in [0, 0.1) is 18.7 Å². The number of nitrogens with one attached hydrogen (secondary N) is 1. The third-order valence-electron chi connectivity index (χ3n) is 6.16. The fraction of sp³-hybridized carbons (Fsp3) is 0.320. The Morgan fingerprint density at radius 1 is 1.17 bits per heavy atom. The number of nitrogens with zero attached hydrogens (tertiary/aromatic N) is 3. The second kappa shape index (κ2) is 8.92. The van der Waals surface area contributed by atoms with Crippen LogP contribution in [0.15, 0.2) is 53.6 Å². The molecule has 0 radical (unpaired) electrons. The highest BCUT2D eigenvalue weighted by atomic mass is 32.2. The van der Waals surface area contributed by atoms with Crippen LogP contribution in [-0.4, -0.2) is 36.4 Å². The first kappa shape index (κ1) is 24.6. The SMILES string of the molecule is Cc1cc(F)ccc1-c1ccc(C(=O)NS(=O)(=O)c2cccc(N)n2)c(N2CC(C)CC2(C)C)n1. The van der Waals surface area contributed by atoms with Crippen molar-refractivity contribution in [3.05, 3.63) is 65.5 Å². The molecule has 2 aromatic heterocycles. The lowest BCUT2D eigenvalue weighted by atomic mass is 9.97. The van der Waals surface area contributed by atoms with Crippen molar-refractivity contribution < 1.29 is 17.6 Å². The number of sulfonamides is 1. The number of aryl methyl sites for hydroxylation is 1. The predicted octanol–water partition coefficient (Wildman–Crippen LogP) is 3.92. The van der Waals surface area contributed by atoms with Crippen LogP contribution in [-0.2, 0) is 10.0 Å². The van der Waals surface area contributed by atoms with E-state index in [1.165, 1.54) is 30.3 Å². The van der Waals surface area contributed by atoms with E-state index in [4.69, 9.17) is 10.7 Å². The summed E-state index contributed by atoms with van der Waals surface area (Å²) < 4.78 is 41.4. The number of hydrogen-bond donors (Lipinski definition) is 2. The maximum absolute atomic E-state index is 13.7. The normalized spacial score (nSPS) is 17.4. The van der Waals surface area contributed by atoms with Gasteiger partial charge in [0.15, 0.2) is 5.03 Å². The van der Waals surface area contributed by atoms with E-state index < -0.39 is 15.9 Å². The molecular weight excluding hydrogens is 469 g/mol. The number of amides is 1. The summed E-state index contributed by atoms with van der Waals surface area (Å²) in [7, 11) is -4.26. The van der Waals surface area contributed by atoms with Gasteiger partial charge in [0.2, 0.25) is 0 Å². The minimum absolute atomic E-state index is 0.0227. The molecule has 35 heavy (non-hydrogen) atoms. The largest absolute Gasteiger partial charge is 0.384 e. The van der Waals surface area contributed by atoms with Crippen LogP contribution < -0.4 is 15.4 Å². The van der Waals surface area contributed by atoms with Gasteiger partial charge >= 0.3 is 0 Å². The molecule has 8 nitrogen and oxygen atoms in total. The van der Waals surface area contributed by atoms with Gasteiger partial charge in [-0.05, 0) is 81.1 Å². The van der Waals surface area contributed by atoms with E-state index in [9.17, 15) is 17.6 Å². The van der Waals surface area contributed by atoms with Gasteiger partial charge in [-0.25, -0.2) is 19.1 Å². The molecule has 0 aliphatic carbocycles. The van der Waals surface area contributed by atoms with E-state index in [0.29, 0.717) is 29.5 Å². The highest BCUT2D eigenvalue weighted by Crippen LogP contribution is 2.38. The Hall–Kier alpha value is -3.53. The Labute approximate surface area is 204 Å². The summed E-state index contributed by atoms with van der Waals surface area (Å²) in [5, 5.41) is -0.353. The average Bonchev–Trinajstić information content (AvgIpc) is 3.04. The lowest BCUT2D eigenvalue weighted by Crippen LogP contribution is -2.41. The van der Waals surface area contributed by atoms with E-state index >= 15 is 0 Å². The van der Waals surface area contributed by atoms with Crippen LogP contribution in [0.4, 0.5) is 16.0 Å². The maximum Gasteiger partial charge on any atom is 0.281 e. The number of pyridine rings is 2. The van der Waals surface area contributed by atoms with Crippen LogP contribution in [0.2, 0.25) is 0 Å². The summed E-state index contributed by atoms with van der Waals surface area (Å²) >= 11 is 0. The number of nitrogens with two attached hydrogens (primary N) is 1. The van der Waals surface area contributed by atoms with Gasteiger partial charge in [0.1, 0.15) is 17.5 Å². The van der Waals surface area contributed by atoms with Crippen LogP contribution in [0.1, 0.15) is 43.1 Å². The van der Waals surface area contributed by atoms with Crippen molar-refractivity contribution >= 4 is 27.6 Å². The zero-order chi connectivity index (χ0) is 25.5. The molecule has 1 aliphatic rings. The first-order valence-electron chi connectivity index (χ1n) is 11.2. The number of rotatable bonds is 5. The van der Waals surface area contributed by atoms with Crippen molar-refractivity contribution in [2.75, 3.05) is 17.2 Å². The quantitative estimate of drug-likeness (QED) is 0.548. The smallest absolute Gasteiger partial charge is 0.281 e. The van der Waals surface area contributed by atoms with E-state index in [1.807, 2.05) is 4.90 Å². The van der Waals surface area contributed by atoms with E-state index in [-0.39, 0.29) is 27.8 Å². The molecule has 4 rings (SSSR count). The zero-order valence-electron chi connectivity index (χ0n) is 20.0. The zero-order valence-corrected chi connectivity index (χ0v) is 20.9. The van der Waals surface area contributed by atoms with Gasteiger partial charge in [0.25, 0.3) is 15.9 Å². The standard InChI is InChI=1S/C25H28FN5O3S/c1-15-13-25(3,4)31(14-15)23-19(10-11-20(28-23)18-9-8-17(26)12-16(18)2)24(32)30-35(33,34)22-7-5-6-21(27)29-22/h5-12,15H,13-14H2,1-4H3,(H2,27,29)(H,30,32). The highest BCUT2D eigenvalue weighted by molar-refractivity contribution is 7.90. The number of anilines is 2. The fourth-order valence-corrected chi connectivity index (χ4v) is 5.61. The van der Waals surface area contributed by atoms with Gasteiger partial charge in [-0.3, -0.25) is 4.79 Å². The van der Waals surface area contributed by atoms with Crippen molar-refractivity contribution in [2.45, 2.75) is 44.7 Å². The first-order valence-corrected chi connectivity index (χ1v) is 12.7. The van der Waals surface area contributed by atoms with Crippen molar-refractivity contribution in [3.8, 4) is 11.3 Å². The number of aromatic nitrogens is 2. The number of halogens is 1. The molecule has 1 aromatic carbocycles. The molecule has 0 spiro atoms. The van der Waals surface area contributed by atoms with Crippen LogP contribution in [0.25, 0.3) is 11.3 Å². The Morgan fingerprint density at radius 3 is 2.54 bits per heavy atom. The van der Waals surface area contributed by atoms with Crippen molar-refractivity contribution in [1.82, 2.24) is 14.7 Å². The summed E-state index contributed by atoms with van der Waals surface area (Å²) in [4.78, 5) is 23.9. The molecule has 184 valence electrons. The second-order valence-corrected chi connectivity index (χ2v) is 11.2. The van der Waals surface area contributed by atoms with Crippen LogP contribution in [0.5, 0.6) is 0 Å². The summed E-state index contributed by atoms with van der Waals surface area (Å²) in [5.41, 5.74) is 7.40. The molecule has 10 heteroatoms. The predicted molar refractivity (Wildman–Crippen MR) is 133 cm³/mol. The molecule has 3 N–H and O–H groups in total. The molecule has 3 aromatic rings. The third-order valence-corrected chi connectivity index (χ3v) is 7.39. The summed E-state index contributed by atoms with van der Waals surface area (Å²) in [6.07, 6.45) is 0.876. The average molecular weight is 498 g/mol. The number of carbonyl (C=O) groups is 1. The van der Waals surface area contributed by atoms with Crippen molar-refractivity contribution in [2.24, 2.45) is 5.92 Å².